The van der Waals surface area contributed by atoms with Gasteiger partial charge in [-0.25, -0.2) is 4.98 Å². The SMILES string of the molecule is CCn1nc(C)c(N)c1Sc1nc2ccc(C)cc2[nH]1. The molecule has 1 aromatic carbocycles. The Kier molecular flexibility index (Phi) is 3.17. The van der Waals surface area contributed by atoms with Gasteiger partial charge in [-0.1, -0.05) is 6.07 Å². The Morgan fingerprint density at radius 2 is 2.15 bits per heavy atom. The Bertz CT molecular complexity index is 771. The lowest BCUT2D eigenvalue weighted by molar-refractivity contribution is 0.601. The first-order valence-electron chi connectivity index (χ1n) is 6.55. The van der Waals surface area contributed by atoms with Crippen molar-refractivity contribution < 1.29 is 0 Å². The van der Waals surface area contributed by atoms with Gasteiger partial charge in [-0.15, -0.1) is 0 Å². The normalized spacial score (nSPS) is 11.3. The zero-order chi connectivity index (χ0) is 14.3. The van der Waals surface area contributed by atoms with Gasteiger partial charge in [0.25, 0.3) is 0 Å². The summed E-state index contributed by atoms with van der Waals surface area (Å²) >= 11 is 1.53. The Morgan fingerprint density at radius 1 is 1.35 bits per heavy atom. The number of hydrogen-bond acceptors (Lipinski definition) is 4. The van der Waals surface area contributed by atoms with Gasteiger partial charge in [0.2, 0.25) is 0 Å². The topological polar surface area (TPSA) is 72.5 Å². The second kappa shape index (κ2) is 4.86. The van der Waals surface area contributed by atoms with Crippen LogP contribution in [0.1, 0.15) is 18.2 Å². The van der Waals surface area contributed by atoms with Crippen LogP contribution in [0.15, 0.2) is 28.4 Å². The van der Waals surface area contributed by atoms with Gasteiger partial charge in [0.15, 0.2) is 5.16 Å². The highest BCUT2D eigenvalue weighted by Gasteiger charge is 2.15. The highest BCUT2D eigenvalue weighted by atomic mass is 32.2. The summed E-state index contributed by atoms with van der Waals surface area (Å²) in [7, 11) is 0. The minimum Gasteiger partial charge on any atom is -0.395 e. The minimum atomic E-state index is 0.730. The molecule has 0 radical (unpaired) electrons. The molecule has 0 spiro atoms. The zero-order valence-electron chi connectivity index (χ0n) is 11.8. The maximum atomic E-state index is 6.10. The third-order valence-corrected chi connectivity index (χ3v) is 4.24. The first-order valence-corrected chi connectivity index (χ1v) is 7.37. The maximum absolute atomic E-state index is 6.10. The third kappa shape index (κ3) is 2.16. The molecule has 0 atom stereocenters. The van der Waals surface area contributed by atoms with E-state index in [4.69, 9.17) is 5.73 Å². The van der Waals surface area contributed by atoms with E-state index in [1.54, 1.807) is 0 Å². The molecule has 0 saturated carbocycles. The van der Waals surface area contributed by atoms with Crippen LogP contribution in [0.2, 0.25) is 0 Å². The largest absolute Gasteiger partial charge is 0.395 e. The van der Waals surface area contributed by atoms with E-state index in [-0.39, 0.29) is 0 Å². The summed E-state index contributed by atoms with van der Waals surface area (Å²) in [5, 5.41) is 6.21. The quantitative estimate of drug-likeness (QED) is 0.776. The smallest absolute Gasteiger partial charge is 0.172 e. The van der Waals surface area contributed by atoms with Gasteiger partial charge in [-0.05, 0) is 50.2 Å². The standard InChI is InChI=1S/C14H17N5S/c1-4-19-13(12(15)9(3)18-19)20-14-16-10-6-5-8(2)7-11(10)17-14/h5-7H,4,15H2,1-3H3,(H,16,17). The number of benzene rings is 1. The number of aryl methyl sites for hydroxylation is 3. The van der Waals surface area contributed by atoms with Crippen LogP contribution < -0.4 is 5.73 Å². The van der Waals surface area contributed by atoms with Crippen LogP contribution in [0.25, 0.3) is 11.0 Å². The number of imidazole rings is 1. The van der Waals surface area contributed by atoms with Crippen molar-refractivity contribution in [2.24, 2.45) is 0 Å². The number of nitrogens with zero attached hydrogens (tertiary/aromatic N) is 3. The second-order valence-corrected chi connectivity index (χ2v) is 5.76. The molecule has 3 rings (SSSR count). The molecule has 0 unspecified atom stereocenters. The lowest BCUT2D eigenvalue weighted by Gasteiger charge is -2.02. The number of hydrogen-bond donors (Lipinski definition) is 2. The number of nitrogens with two attached hydrogens (primary N) is 1. The minimum absolute atomic E-state index is 0.730. The maximum Gasteiger partial charge on any atom is 0.172 e. The van der Waals surface area contributed by atoms with Gasteiger partial charge in [0.1, 0.15) is 5.03 Å². The zero-order valence-corrected chi connectivity index (χ0v) is 12.6. The number of nitrogens with one attached hydrogen (secondary N) is 1. The van der Waals surface area contributed by atoms with Crippen LogP contribution in [0.5, 0.6) is 0 Å². The van der Waals surface area contributed by atoms with Crippen molar-refractivity contribution >= 4 is 28.5 Å². The third-order valence-electron chi connectivity index (χ3n) is 3.23. The van der Waals surface area contributed by atoms with Gasteiger partial charge in [-0.2, -0.15) is 5.10 Å². The Balaban J connectivity index is 2.01. The molecule has 104 valence electrons. The van der Waals surface area contributed by atoms with E-state index in [0.717, 1.165) is 39.1 Å². The predicted octanol–water partition coefficient (Wildman–Crippen LogP) is 3.13. The molecule has 2 heterocycles. The van der Waals surface area contributed by atoms with E-state index >= 15 is 0 Å². The molecule has 0 bridgehead atoms. The molecule has 0 saturated heterocycles. The van der Waals surface area contributed by atoms with Gasteiger partial charge in [0.05, 0.1) is 22.4 Å². The number of fused-ring (bicyclic) bond motifs is 1. The van der Waals surface area contributed by atoms with Crippen molar-refractivity contribution in [3.05, 3.63) is 29.5 Å². The second-order valence-electron chi connectivity index (χ2n) is 4.78. The van der Waals surface area contributed by atoms with Crippen LogP contribution in [-0.4, -0.2) is 19.7 Å². The molecule has 0 aliphatic rings. The fraction of sp³-hybridized carbons (Fsp3) is 0.286. The summed E-state index contributed by atoms with van der Waals surface area (Å²) in [5.74, 6) is 0. The van der Waals surface area contributed by atoms with Crippen molar-refractivity contribution in [2.75, 3.05) is 5.73 Å². The van der Waals surface area contributed by atoms with E-state index in [1.165, 1.54) is 17.3 Å². The molecule has 0 amide bonds. The molecule has 6 heteroatoms. The summed E-state index contributed by atoms with van der Waals surface area (Å²) in [6.07, 6.45) is 0. The van der Waals surface area contributed by atoms with E-state index in [1.807, 2.05) is 17.7 Å². The van der Waals surface area contributed by atoms with Crippen LogP contribution in [-0.2, 0) is 6.54 Å². The predicted molar refractivity (Wildman–Crippen MR) is 82.0 cm³/mol. The monoisotopic (exact) mass is 287 g/mol. The fourth-order valence-corrected chi connectivity index (χ4v) is 3.16. The fourth-order valence-electron chi connectivity index (χ4n) is 2.14. The summed E-state index contributed by atoms with van der Waals surface area (Å²) in [4.78, 5) is 7.91. The summed E-state index contributed by atoms with van der Waals surface area (Å²) < 4.78 is 1.91. The van der Waals surface area contributed by atoms with Gasteiger partial charge < -0.3 is 10.7 Å². The lowest BCUT2D eigenvalue weighted by Crippen LogP contribution is -1.99. The average Bonchev–Trinajstić information content (AvgIpc) is 2.93. The molecule has 20 heavy (non-hydrogen) atoms. The Morgan fingerprint density at radius 3 is 2.90 bits per heavy atom. The van der Waals surface area contributed by atoms with Gasteiger partial charge >= 0.3 is 0 Å². The van der Waals surface area contributed by atoms with Gasteiger partial charge in [-0.3, -0.25) is 4.68 Å². The molecule has 3 aromatic rings. The van der Waals surface area contributed by atoms with Crippen molar-refractivity contribution in [2.45, 2.75) is 37.5 Å². The Labute approximate surface area is 121 Å². The van der Waals surface area contributed by atoms with E-state index < -0.39 is 0 Å². The van der Waals surface area contributed by atoms with Crippen LogP contribution in [0.4, 0.5) is 5.69 Å². The highest BCUT2D eigenvalue weighted by molar-refractivity contribution is 7.99. The molecule has 5 nitrogen and oxygen atoms in total. The lowest BCUT2D eigenvalue weighted by atomic mass is 10.2. The number of aromatic amines is 1. The Hall–Kier alpha value is -1.95. The molecule has 0 aliphatic heterocycles. The number of aromatic nitrogens is 4. The number of rotatable bonds is 3. The van der Waals surface area contributed by atoms with E-state index in [0.29, 0.717) is 0 Å². The van der Waals surface area contributed by atoms with Gasteiger partial charge in [0, 0.05) is 6.54 Å². The molecular weight excluding hydrogens is 270 g/mol. The number of anilines is 1. The number of nitrogen functional groups attached to an aromatic ring is 1. The van der Waals surface area contributed by atoms with E-state index in [2.05, 4.69) is 41.0 Å². The van der Waals surface area contributed by atoms with Crippen molar-refractivity contribution in [1.29, 1.82) is 0 Å². The van der Waals surface area contributed by atoms with Crippen LogP contribution >= 0.6 is 11.8 Å². The van der Waals surface area contributed by atoms with Crippen molar-refractivity contribution in [3.8, 4) is 0 Å². The molecule has 2 aromatic heterocycles. The van der Waals surface area contributed by atoms with Crippen molar-refractivity contribution in [1.82, 2.24) is 19.7 Å². The summed E-state index contributed by atoms with van der Waals surface area (Å²) in [6, 6.07) is 6.18. The van der Waals surface area contributed by atoms with Crippen LogP contribution in [0, 0.1) is 13.8 Å². The van der Waals surface area contributed by atoms with E-state index in [9.17, 15) is 0 Å². The molecular formula is C14H17N5S. The van der Waals surface area contributed by atoms with Crippen molar-refractivity contribution in [3.63, 3.8) is 0 Å². The van der Waals surface area contributed by atoms with Crippen LogP contribution in [0.3, 0.4) is 0 Å². The molecule has 3 N–H and O–H groups in total. The summed E-state index contributed by atoms with van der Waals surface area (Å²) in [6.45, 7) is 6.84. The molecule has 0 aliphatic carbocycles. The first kappa shape index (κ1) is 13.1. The highest BCUT2D eigenvalue weighted by Crippen LogP contribution is 2.33. The molecule has 0 fully saturated rings. The summed E-state index contributed by atoms with van der Waals surface area (Å²) in [5.41, 5.74) is 10.9. The average molecular weight is 287 g/mol. The number of H-pyrrole nitrogens is 1. The first-order chi connectivity index (χ1) is 9.58.